The Bertz CT molecular complexity index is 654. The normalized spacial score (nSPS) is 13.9. The number of aryl methyl sites for hydroxylation is 1. The molecule has 0 radical (unpaired) electrons. The lowest BCUT2D eigenvalue weighted by Gasteiger charge is -2.16. The maximum Gasteiger partial charge on any atom is 0.220 e. The van der Waals surface area contributed by atoms with E-state index in [4.69, 9.17) is 5.73 Å². The smallest absolute Gasteiger partial charge is 0.220 e. The van der Waals surface area contributed by atoms with Gasteiger partial charge in [0.05, 0.1) is 11.6 Å². The molecule has 20 heavy (non-hydrogen) atoms. The van der Waals surface area contributed by atoms with Gasteiger partial charge < -0.3 is 10.6 Å². The standard InChI is InChI=1S/C15H16N4S/c1-11-8-12(14-4-5-17-15(16)18-14)2-3-13(11)9-19-6-7-20-10-19/h2-8H,9-10H2,1H3,(H2,16,17,18). The van der Waals surface area contributed by atoms with E-state index < -0.39 is 0 Å². The Morgan fingerprint density at radius 3 is 2.95 bits per heavy atom. The molecular formula is C15H16N4S. The van der Waals surface area contributed by atoms with Gasteiger partial charge in [0.25, 0.3) is 0 Å². The fourth-order valence-electron chi connectivity index (χ4n) is 2.20. The first-order valence-electron chi connectivity index (χ1n) is 6.43. The molecule has 0 saturated heterocycles. The summed E-state index contributed by atoms with van der Waals surface area (Å²) >= 11 is 1.82. The van der Waals surface area contributed by atoms with E-state index in [1.807, 2.05) is 17.8 Å². The second kappa shape index (κ2) is 5.54. The van der Waals surface area contributed by atoms with Crippen LogP contribution in [-0.2, 0) is 6.54 Å². The van der Waals surface area contributed by atoms with Crippen LogP contribution in [-0.4, -0.2) is 20.7 Å². The number of nitrogens with zero attached hydrogens (tertiary/aromatic N) is 3. The Morgan fingerprint density at radius 2 is 2.25 bits per heavy atom. The van der Waals surface area contributed by atoms with Crippen molar-refractivity contribution in [2.24, 2.45) is 0 Å². The molecule has 2 heterocycles. The van der Waals surface area contributed by atoms with Crippen molar-refractivity contribution in [3.8, 4) is 11.3 Å². The summed E-state index contributed by atoms with van der Waals surface area (Å²) in [4.78, 5) is 10.5. The van der Waals surface area contributed by atoms with E-state index in [1.54, 1.807) is 6.20 Å². The van der Waals surface area contributed by atoms with Crippen LogP contribution in [0.25, 0.3) is 11.3 Å². The minimum absolute atomic E-state index is 0.309. The van der Waals surface area contributed by atoms with E-state index in [1.165, 1.54) is 11.1 Å². The highest BCUT2D eigenvalue weighted by atomic mass is 32.2. The van der Waals surface area contributed by atoms with Crippen LogP contribution in [0.3, 0.4) is 0 Å². The largest absolute Gasteiger partial charge is 0.368 e. The number of hydrogen-bond donors (Lipinski definition) is 1. The third-order valence-corrected chi connectivity index (χ3v) is 4.09. The molecule has 1 aromatic heterocycles. The predicted octanol–water partition coefficient (Wildman–Crippen LogP) is 3.01. The maximum absolute atomic E-state index is 5.63. The lowest BCUT2D eigenvalue weighted by Crippen LogP contribution is -2.13. The summed E-state index contributed by atoms with van der Waals surface area (Å²) in [6, 6.07) is 8.30. The van der Waals surface area contributed by atoms with Crippen molar-refractivity contribution < 1.29 is 0 Å². The highest BCUT2D eigenvalue weighted by molar-refractivity contribution is 8.02. The van der Waals surface area contributed by atoms with Gasteiger partial charge >= 0.3 is 0 Å². The zero-order chi connectivity index (χ0) is 13.9. The molecule has 2 aromatic rings. The monoisotopic (exact) mass is 284 g/mol. The van der Waals surface area contributed by atoms with Gasteiger partial charge in [-0.05, 0) is 35.6 Å². The number of rotatable bonds is 3. The third-order valence-electron chi connectivity index (χ3n) is 3.29. The van der Waals surface area contributed by atoms with Crippen molar-refractivity contribution in [3.63, 3.8) is 0 Å². The topological polar surface area (TPSA) is 55.0 Å². The molecule has 1 aliphatic heterocycles. The second-order valence-corrected chi connectivity index (χ2v) is 5.63. The molecule has 0 spiro atoms. The van der Waals surface area contributed by atoms with Gasteiger partial charge in [-0.2, -0.15) is 0 Å². The molecule has 0 fully saturated rings. The Kier molecular flexibility index (Phi) is 3.60. The Balaban J connectivity index is 1.85. The minimum Gasteiger partial charge on any atom is -0.368 e. The van der Waals surface area contributed by atoms with E-state index in [0.717, 1.165) is 23.7 Å². The van der Waals surface area contributed by atoms with Crippen molar-refractivity contribution in [1.29, 1.82) is 0 Å². The number of anilines is 1. The summed E-state index contributed by atoms with van der Waals surface area (Å²) in [5.74, 6) is 1.34. The van der Waals surface area contributed by atoms with Crippen LogP contribution in [0.2, 0.25) is 0 Å². The van der Waals surface area contributed by atoms with Crippen LogP contribution in [0, 0.1) is 6.92 Å². The second-order valence-electron chi connectivity index (χ2n) is 4.77. The quantitative estimate of drug-likeness (QED) is 0.939. The molecule has 102 valence electrons. The van der Waals surface area contributed by atoms with E-state index >= 15 is 0 Å². The van der Waals surface area contributed by atoms with Gasteiger partial charge in [-0.25, -0.2) is 9.97 Å². The summed E-state index contributed by atoms with van der Waals surface area (Å²) in [7, 11) is 0. The number of benzene rings is 1. The van der Waals surface area contributed by atoms with Crippen LogP contribution < -0.4 is 5.73 Å². The van der Waals surface area contributed by atoms with Gasteiger partial charge in [-0.1, -0.05) is 12.1 Å². The highest BCUT2D eigenvalue weighted by Gasteiger charge is 2.09. The van der Waals surface area contributed by atoms with Crippen LogP contribution in [0.5, 0.6) is 0 Å². The van der Waals surface area contributed by atoms with E-state index in [9.17, 15) is 0 Å². The van der Waals surface area contributed by atoms with Gasteiger partial charge in [0, 0.05) is 24.5 Å². The van der Waals surface area contributed by atoms with Gasteiger partial charge in [-0.3, -0.25) is 0 Å². The first kappa shape index (κ1) is 13.0. The molecule has 0 atom stereocenters. The molecule has 1 aromatic carbocycles. The molecule has 0 amide bonds. The SMILES string of the molecule is Cc1cc(-c2ccnc(N)n2)ccc1CN1C=CSC1. The molecule has 1 aliphatic rings. The van der Waals surface area contributed by atoms with E-state index in [2.05, 4.69) is 51.6 Å². The molecule has 2 N–H and O–H groups in total. The molecule has 3 rings (SSSR count). The van der Waals surface area contributed by atoms with Crippen molar-refractivity contribution in [2.75, 3.05) is 11.6 Å². The van der Waals surface area contributed by atoms with Gasteiger partial charge in [0.1, 0.15) is 0 Å². The lowest BCUT2D eigenvalue weighted by molar-refractivity contribution is 0.440. The number of thioether (sulfide) groups is 1. The summed E-state index contributed by atoms with van der Waals surface area (Å²) in [5, 5.41) is 2.13. The first-order valence-corrected chi connectivity index (χ1v) is 7.48. The zero-order valence-corrected chi connectivity index (χ0v) is 12.1. The van der Waals surface area contributed by atoms with Gasteiger partial charge in [0.2, 0.25) is 5.95 Å². The Labute approximate surface area is 122 Å². The fourth-order valence-corrected chi connectivity index (χ4v) is 2.91. The predicted molar refractivity (Wildman–Crippen MR) is 83.8 cm³/mol. The van der Waals surface area contributed by atoms with Crippen molar-refractivity contribution in [1.82, 2.24) is 14.9 Å². The summed E-state index contributed by atoms with van der Waals surface area (Å²) in [5.41, 5.74) is 10.2. The van der Waals surface area contributed by atoms with Crippen LogP contribution >= 0.6 is 11.8 Å². The number of aromatic nitrogens is 2. The van der Waals surface area contributed by atoms with Crippen LogP contribution in [0.15, 0.2) is 42.1 Å². The highest BCUT2D eigenvalue weighted by Crippen LogP contribution is 2.24. The van der Waals surface area contributed by atoms with E-state index in [-0.39, 0.29) is 0 Å². The van der Waals surface area contributed by atoms with Crippen LogP contribution in [0.1, 0.15) is 11.1 Å². The summed E-state index contributed by atoms with van der Waals surface area (Å²) in [6.07, 6.45) is 3.83. The third kappa shape index (κ3) is 2.77. The summed E-state index contributed by atoms with van der Waals surface area (Å²) < 4.78 is 0. The molecular weight excluding hydrogens is 268 g/mol. The zero-order valence-electron chi connectivity index (χ0n) is 11.3. The Morgan fingerprint density at radius 1 is 1.35 bits per heavy atom. The molecule has 0 aliphatic carbocycles. The van der Waals surface area contributed by atoms with Crippen molar-refractivity contribution in [3.05, 3.63) is 53.2 Å². The minimum atomic E-state index is 0.309. The molecule has 4 nitrogen and oxygen atoms in total. The van der Waals surface area contributed by atoms with Crippen molar-refractivity contribution >= 4 is 17.7 Å². The van der Waals surface area contributed by atoms with Crippen LogP contribution in [0.4, 0.5) is 5.95 Å². The molecule has 0 unspecified atom stereocenters. The summed E-state index contributed by atoms with van der Waals surface area (Å²) in [6.45, 7) is 3.08. The fraction of sp³-hybridized carbons (Fsp3) is 0.200. The maximum atomic E-state index is 5.63. The van der Waals surface area contributed by atoms with Crippen molar-refractivity contribution in [2.45, 2.75) is 13.5 Å². The lowest BCUT2D eigenvalue weighted by atomic mass is 10.0. The molecule has 0 bridgehead atoms. The van der Waals surface area contributed by atoms with Gasteiger partial charge in [-0.15, -0.1) is 11.8 Å². The Hall–Kier alpha value is -2.01. The van der Waals surface area contributed by atoms with E-state index in [0.29, 0.717) is 5.95 Å². The average molecular weight is 284 g/mol. The van der Waals surface area contributed by atoms with Gasteiger partial charge in [0.15, 0.2) is 0 Å². The molecule has 5 heteroatoms. The number of nitrogens with two attached hydrogens (primary N) is 1. The molecule has 0 saturated carbocycles. The number of hydrogen-bond acceptors (Lipinski definition) is 5. The average Bonchev–Trinajstić information content (AvgIpc) is 2.94. The first-order chi connectivity index (χ1) is 9.72. The number of nitrogen functional groups attached to an aromatic ring is 1.